The number of ketones is 1. The second-order valence-corrected chi connectivity index (χ2v) is 12.1. The van der Waals surface area contributed by atoms with E-state index in [-0.39, 0.29) is 11.3 Å². The Morgan fingerprint density at radius 3 is 2.57 bits per heavy atom. The Kier molecular flexibility index (Phi) is 4.78. The summed E-state index contributed by atoms with van der Waals surface area (Å²) in [5.41, 5.74) is 0.106. The number of hydrogen-bond donors (Lipinski definition) is 1. The summed E-state index contributed by atoms with van der Waals surface area (Å²) in [6, 6.07) is 0. The van der Waals surface area contributed by atoms with Crippen molar-refractivity contribution in [1.29, 1.82) is 0 Å². The maximum atomic E-state index is 13.4. The average molecular weight is 413 g/mol. The number of Topliss-reactive ketones (excluding diaryl/α,β-unsaturated/α-hetero) is 1. The van der Waals surface area contributed by atoms with Gasteiger partial charge in [0.1, 0.15) is 5.82 Å². The summed E-state index contributed by atoms with van der Waals surface area (Å²) in [6.45, 7) is 9.52. The molecule has 4 nitrogen and oxygen atoms in total. The Balaban J connectivity index is 1.35. The molecule has 1 unspecified atom stereocenters. The van der Waals surface area contributed by atoms with Gasteiger partial charge in [0, 0.05) is 18.3 Å². The molecular weight excluding hydrogens is 372 g/mol. The van der Waals surface area contributed by atoms with Crippen LogP contribution in [0.5, 0.6) is 0 Å². The van der Waals surface area contributed by atoms with E-state index in [9.17, 15) is 9.90 Å². The molecule has 30 heavy (non-hydrogen) atoms. The van der Waals surface area contributed by atoms with Gasteiger partial charge in [-0.25, -0.2) is 4.98 Å². The lowest BCUT2D eigenvalue weighted by Crippen LogP contribution is -2.55. The van der Waals surface area contributed by atoms with Crippen LogP contribution in [0.25, 0.3) is 0 Å². The molecule has 1 aromatic heterocycles. The Morgan fingerprint density at radius 1 is 1.07 bits per heavy atom. The van der Waals surface area contributed by atoms with Gasteiger partial charge in [-0.15, -0.1) is 0 Å². The van der Waals surface area contributed by atoms with E-state index < -0.39 is 5.60 Å². The second kappa shape index (κ2) is 6.92. The SMILES string of the molecule is Cc1nccn1CC(=O)[C@H]1CC[C@H]2[C@@H]3CC[C@H]4C[C@](C)(O)CC[C@]4(C)C3CC[C@]12C. The van der Waals surface area contributed by atoms with Gasteiger partial charge in [0.2, 0.25) is 0 Å². The number of hydrogen-bond acceptors (Lipinski definition) is 3. The van der Waals surface area contributed by atoms with Crippen molar-refractivity contribution in [2.75, 3.05) is 0 Å². The van der Waals surface area contributed by atoms with Crippen molar-refractivity contribution < 1.29 is 9.90 Å². The molecule has 0 aliphatic heterocycles. The van der Waals surface area contributed by atoms with Crippen LogP contribution in [0.2, 0.25) is 0 Å². The maximum Gasteiger partial charge on any atom is 0.156 e. The summed E-state index contributed by atoms with van der Waals surface area (Å²) < 4.78 is 2.02. The molecule has 166 valence electrons. The van der Waals surface area contributed by atoms with Crippen LogP contribution < -0.4 is 0 Å². The van der Waals surface area contributed by atoms with Crippen LogP contribution in [0.3, 0.4) is 0 Å². The quantitative estimate of drug-likeness (QED) is 0.745. The minimum atomic E-state index is -0.462. The van der Waals surface area contributed by atoms with Gasteiger partial charge >= 0.3 is 0 Å². The Bertz CT molecular complexity index is 829. The molecule has 0 bridgehead atoms. The normalized spacial score (nSPS) is 48.0. The summed E-state index contributed by atoms with van der Waals surface area (Å²) in [7, 11) is 0. The first-order valence-corrected chi connectivity index (χ1v) is 12.4. The van der Waals surface area contributed by atoms with Gasteiger partial charge in [-0.2, -0.15) is 0 Å². The van der Waals surface area contributed by atoms with E-state index in [0.717, 1.165) is 36.9 Å². The highest BCUT2D eigenvalue weighted by Crippen LogP contribution is 2.68. The summed E-state index contributed by atoms with van der Waals surface area (Å²) in [5.74, 6) is 4.52. The third kappa shape index (κ3) is 3.04. The molecule has 0 amide bonds. The molecule has 4 aliphatic rings. The van der Waals surface area contributed by atoms with Crippen LogP contribution in [-0.2, 0) is 11.3 Å². The third-order valence-electron chi connectivity index (χ3n) is 10.6. The average Bonchev–Trinajstić information content (AvgIpc) is 3.24. The highest BCUT2D eigenvalue weighted by molar-refractivity contribution is 5.82. The van der Waals surface area contributed by atoms with Gasteiger partial charge in [-0.1, -0.05) is 13.8 Å². The summed E-state index contributed by atoms with van der Waals surface area (Å²) in [5, 5.41) is 10.7. The minimum Gasteiger partial charge on any atom is -0.390 e. The first-order valence-electron chi connectivity index (χ1n) is 12.4. The van der Waals surface area contributed by atoms with Crippen molar-refractivity contribution >= 4 is 5.78 Å². The van der Waals surface area contributed by atoms with Crippen LogP contribution in [0.1, 0.15) is 84.4 Å². The lowest BCUT2D eigenvalue weighted by atomic mass is 9.44. The number of aryl methyl sites for hydroxylation is 1. The first kappa shape index (κ1) is 20.7. The van der Waals surface area contributed by atoms with E-state index in [1.165, 1.54) is 38.5 Å². The fourth-order valence-corrected chi connectivity index (χ4v) is 8.81. The van der Waals surface area contributed by atoms with Crippen LogP contribution in [0.15, 0.2) is 12.4 Å². The predicted molar refractivity (Wildman–Crippen MR) is 118 cm³/mol. The fourth-order valence-electron chi connectivity index (χ4n) is 8.81. The highest BCUT2D eigenvalue weighted by Gasteiger charge is 2.61. The van der Waals surface area contributed by atoms with Crippen LogP contribution in [-0.4, -0.2) is 26.0 Å². The minimum absolute atomic E-state index is 0.177. The van der Waals surface area contributed by atoms with Crippen LogP contribution in [0.4, 0.5) is 0 Å². The molecule has 5 rings (SSSR count). The number of carbonyl (C=O) groups is 1. The molecule has 0 radical (unpaired) electrons. The molecule has 1 N–H and O–H groups in total. The Labute approximate surface area is 181 Å². The van der Waals surface area contributed by atoms with Gasteiger partial charge in [0.15, 0.2) is 5.78 Å². The molecule has 4 heteroatoms. The molecule has 1 heterocycles. The van der Waals surface area contributed by atoms with Gasteiger partial charge in [0.25, 0.3) is 0 Å². The number of imidazole rings is 1. The van der Waals surface area contributed by atoms with Crippen molar-refractivity contribution in [1.82, 2.24) is 9.55 Å². The standard InChI is InChI=1S/C26H40N2O2/c1-17-27-13-14-28(17)16-23(29)22-8-7-20-19-6-5-18-15-24(2,30)11-12-25(18,3)21(19)9-10-26(20,22)4/h13-14,18-22,30H,5-12,15-16H2,1-4H3/t18-,19-,20-,21?,22+,24+,25-,26-/m0/s1. The molecule has 4 saturated carbocycles. The Morgan fingerprint density at radius 2 is 1.83 bits per heavy atom. The molecule has 0 saturated heterocycles. The zero-order chi connectivity index (χ0) is 21.3. The number of carbonyl (C=O) groups excluding carboxylic acids is 1. The summed E-state index contributed by atoms with van der Waals surface area (Å²) in [4.78, 5) is 17.7. The summed E-state index contributed by atoms with van der Waals surface area (Å²) in [6.07, 6.45) is 14.2. The van der Waals surface area contributed by atoms with E-state index in [2.05, 4.69) is 18.8 Å². The molecule has 8 atom stereocenters. The lowest BCUT2D eigenvalue weighted by Gasteiger charge is -2.61. The van der Waals surface area contributed by atoms with Crippen molar-refractivity contribution in [3.8, 4) is 0 Å². The molecule has 0 spiro atoms. The van der Waals surface area contributed by atoms with E-state index >= 15 is 0 Å². The molecule has 4 fully saturated rings. The first-order chi connectivity index (χ1) is 14.1. The van der Waals surface area contributed by atoms with Gasteiger partial charge in [-0.3, -0.25) is 4.79 Å². The smallest absolute Gasteiger partial charge is 0.156 e. The number of aromatic nitrogens is 2. The van der Waals surface area contributed by atoms with Crippen molar-refractivity contribution in [3.63, 3.8) is 0 Å². The largest absolute Gasteiger partial charge is 0.390 e. The van der Waals surface area contributed by atoms with E-state index in [0.29, 0.717) is 29.6 Å². The van der Waals surface area contributed by atoms with Gasteiger partial charge in [0.05, 0.1) is 12.1 Å². The monoisotopic (exact) mass is 412 g/mol. The number of fused-ring (bicyclic) bond motifs is 5. The zero-order valence-corrected chi connectivity index (χ0v) is 19.4. The Hall–Kier alpha value is -1.16. The summed E-state index contributed by atoms with van der Waals surface area (Å²) >= 11 is 0. The number of rotatable bonds is 3. The molecule has 1 aromatic rings. The molecule has 4 aliphatic carbocycles. The van der Waals surface area contributed by atoms with Crippen molar-refractivity contribution in [2.24, 2.45) is 40.4 Å². The fraction of sp³-hybridized carbons (Fsp3) is 0.846. The topological polar surface area (TPSA) is 55.1 Å². The van der Waals surface area contributed by atoms with E-state index in [4.69, 9.17) is 0 Å². The van der Waals surface area contributed by atoms with Crippen LogP contribution >= 0.6 is 0 Å². The zero-order valence-electron chi connectivity index (χ0n) is 19.4. The predicted octanol–water partition coefficient (Wildman–Crippen LogP) is 5.17. The van der Waals surface area contributed by atoms with Gasteiger partial charge in [-0.05, 0) is 106 Å². The van der Waals surface area contributed by atoms with E-state index in [1.807, 2.05) is 24.6 Å². The lowest BCUT2D eigenvalue weighted by molar-refractivity contribution is -0.151. The third-order valence-corrected chi connectivity index (χ3v) is 10.6. The number of aliphatic hydroxyl groups is 1. The van der Waals surface area contributed by atoms with Crippen molar-refractivity contribution in [3.05, 3.63) is 18.2 Å². The maximum absolute atomic E-state index is 13.4. The second-order valence-electron chi connectivity index (χ2n) is 12.1. The van der Waals surface area contributed by atoms with E-state index in [1.54, 1.807) is 6.20 Å². The molecular formula is C26H40N2O2. The number of nitrogens with zero attached hydrogens (tertiary/aromatic N) is 2. The highest BCUT2D eigenvalue weighted by atomic mass is 16.3. The van der Waals surface area contributed by atoms with Crippen LogP contribution in [0, 0.1) is 47.3 Å². The van der Waals surface area contributed by atoms with Crippen molar-refractivity contribution in [2.45, 2.75) is 97.6 Å². The molecule has 0 aromatic carbocycles. The van der Waals surface area contributed by atoms with Gasteiger partial charge < -0.3 is 9.67 Å².